The van der Waals surface area contributed by atoms with Gasteiger partial charge in [0.2, 0.25) is 0 Å². The lowest BCUT2D eigenvalue weighted by molar-refractivity contribution is 0.316. The number of nitrogens with zero attached hydrogens (tertiary/aromatic N) is 1. The zero-order valence-electron chi connectivity index (χ0n) is 8.73. The highest BCUT2D eigenvalue weighted by molar-refractivity contribution is 7.80. The van der Waals surface area contributed by atoms with Gasteiger partial charge >= 0.3 is 0 Å². The van der Waals surface area contributed by atoms with Crippen LogP contribution in [0.2, 0.25) is 0 Å². The van der Waals surface area contributed by atoms with Crippen LogP contribution < -0.4 is 10.9 Å². The molecule has 1 aromatic rings. The Kier molecular flexibility index (Phi) is 3.18. The molecule has 1 fully saturated rings. The molecule has 0 spiro atoms. The molecule has 1 aliphatic heterocycles. The first-order chi connectivity index (χ1) is 7.33. The van der Waals surface area contributed by atoms with Crippen molar-refractivity contribution in [1.82, 2.24) is 15.8 Å². The number of rotatable bonds is 3. The monoisotopic (exact) mass is 221 g/mol. The van der Waals surface area contributed by atoms with Gasteiger partial charge < -0.3 is 4.90 Å². The maximum atomic E-state index is 5.24. The van der Waals surface area contributed by atoms with Crippen LogP contribution in [-0.4, -0.2) is 16.6 Å². The Hall–Kier alpha value is -1.13. The molecule has 1 atom stereocenters. The van der Waals surface area contributed by atoms with E-state index in [9.17, 15) is 0 Å². The van der Waals surface area contributed by atoms with Gasteiger partial charge in [-0.25, -0.2) is 5.43 Å². The Bertz CT molecular complexity index is 339. The molecule has 15 heavy (non-hydrogen) atoms. The minimum Gasteiger partial charge on any atom is -0.327 e. The topological polar surface area (TPSA) is 27.3 Å². The molecule has 1 saturated heterocycles. The standard InChI is InChI=1S/C11H15N3S/c1-2-8-14-10(12-13-11(14)15)9-6-4-3-5-7-9/h3-7,10,12H,2,8H2,1H3,(H,13,15). The van der Waals surface area contributed by atoms with Crippen molar-refractivity contribution in [2.45, 2.75) is 19.5 Å². The van der Waals surface area contributed by atoms with Gasteiger partial charge in [0.1, 0.15) is 6.17 Å². The third-order valence-corrected chi connectivity index (χ3v) is 2.80. The first kappa shape index (κ1) is 10.4. The van der Waals surface area contributed by atoms with E-state index < -0.39 is 0 Å². The van der Waals surface area contributed by atoms with Crippen molar-refractivity contribution in [2.24, 2.45) is 0 Å². The zero-order chi connectivity index (χ0) is 10.7. The molecule has 0 aromatic heterocycles. The van der Waals surface area contributed by atoms with E-state index >= 15 is 0 Å². The maximum Gasteiger partial charge on any atom is 0.185 e. The second-order valence-electron chi connectivity index (χ2n) is 3.58. The van der Waals surface area contributed by atoms with Gasteiger partial charge in [0.15, 0.2) is 5.11 Å². The minimum atomic E-state index is 0.165. The first-order valence-corrected chi connectivity index (χ1v) is 5.61. The van der Waals surface area contributed by atoms with E-state index in [1.54, 1.807) is 0 Å². The van der Waals surface area contributed by atoms with Gasteiger partial charge in [-0.1, -0.05) is 37.3 Å². The lowest BCUT2D eigenvalue weighted by atomic mass is 10.1. The molecule has 1 aliphatic rings. The van der Waals surface area contributed by atoms with Gasteiger partial charge in [-0.05, 0) is 24.2 Å². The normalized spacial score (nSPS) is 20.5. The van der Waals surface area contributed by atoms with Crippen molar-refractivity contribution in [3.05, 3.63) is 35.9 Å². The van der Waals surface area contributed by atoms with Gasteiger partial charge in [-0.15, -0.1) is 0 Å². The van der Waals surface area contributed by atoms with Crippen LogP contribution in [0.25, 0.3) is 0 Å². The van der Waals surface area contributed by atoms with Crippen LogP contribution >= 0.6 is 12.2 Å². The molecule has 4 heteroatoms. The summed E-state index contributed by atoms with van der Waals surface area (Å²) in [5, 5.41) is 0.783. The van der Waals surface area contributed by atoms with Crippen LogP contribution in [-0.2, 0) is 0 Å². The Morgan fingerprint density at radius 2 is 2.07 bits per heavy atom. The number of nitrogens with one attached hydrogen (secondary N) is 2. The van der Waals surface area contributed by atoms with Crippen molar-refractivity contribution in [3.8, 4) is 0 Å². The predicted molar refractivity (Wildman–Crippen MR) is 65.0 cm³/mol. The summed E-state index contributed by atoms with van der Waals surface area (Å²) in [7, 11) is 0. The molecular formula is C11H15N3S. The lowest BCUT2D eigenvalue weighted by Gasteiger charge is -2.23. The summed E-state index contributed by atoms with van der Waals surface area (Å²) in [6, 6.07) is 10.3. The number of hydrazine groups is 1. The van der Waals surface area contributed by atoms with Crippen LogP contribution in [0.15, 0.2) is 30.3 Å². The molecule has 1 unspecified atom stereocenters. The van der Waals surface area contributed by atoms with E-state index in [0.717, 1.165) is 18.1 Å². The Balaban J connectivity index is 2.18. The van der Waals surface area contributed by atoms with Crippen LogP contribution in [0.4, 0.5) is 0 Å². The van der Waals surface area contributed by atoms with Gasteiger partial charge in [0.05, 0.1) is 0 Å². The van der Waals surface area contributed by atoms with Crippen LogP contribution in [0.1, 0.15) is 25.1 Å². The highest BCUT2D eigenvalue weighted by atomic mass is 32.1. The van der Waals surface area contributed by atoms with Crippen LogP contribution in [0.5, 0.6) is 0 Å². The second-order valence-corrected chi connectivity index (χ2v) is 3.97. The molecular weight excluding hydrogens is 206 g/mol. The first-order valence-electron chi connectivity index (χ1n) is 5.20. The number of thiocarbonyl (C=S) groups is 1. The van der Waals surface area contributed by atoms with E-state index in [4.69, 9.17) is 12.2 Å². The number of hydrogen-bond donors (Lipinski definition) is 2. The van der Waals surface area contributed by atoms with Gasteiger partial charge in [-0.3, -0.25) is 5.43 Å². The number of hydrogen-bond acceptors (Lipinski definition) is 2. The van der Waals surface area contributed by atoms with E-state index in [1.165, 1.54) is 5.56 Å². The molecule has 0 saturated carbocycles. The average molecular weight is 221 g/mol. The summed E-state index contributed by atoms with van der Waals surface area (Å²) in [4.78, 5) is 2.17. The molecule has 0 bridgehead atoms. The summed E-state index contributed by atoms with van der Waals surface area (Å²) in [6.45, 7) is 3.13. The van der Waals surface area contributed by atoms with Gasteiger partial charge in [0.25, 0.3) is 0 Å². The smallest absolute Gasteiger partial charge is 0.185 e. The third kappa shape index (κ3) is 2.11. The molecule has 2 rings (SSSR count). The summed E-state index contributed by atoms with van der Waals surface area (Å²) < 4.78 is 0. The van der Waals surface area contributed by atoms with Crippen molar-refractivity contribution in [1.29, 1.82) is 0 Å². The molecule has 1 aromatic carbocycles. The minimum absolute atomic E-state index is 0.165. The Morgan fingerprint density at radius 3 is 2.73 bits per heavy atom. The molecule has 80 valence electrons. The number of benzene rings is 1. The fourth-order valence-corrected chi connectivity index (χ4v) is 2.02. The highest BCUT2D eigenvalue weighted by Crippen LogP contribution is 2.20. The predicted octanol–water partition coefficient (Wildman–Crippen LogP) is 1.79. The fourth-order valence-electron chi connectivity index (χ4n) is 1.77. The molecule has 1 heterocycles. The SMILES string of the molecule is CCCN1C(=S)NNC1c1ccccc1. The molecule has 3 nitrogen and oxygen atoms in total. The highest BCUT2D eigenvalue weighted by Gasteiger charge is 2.27. The molecule has 0 radical (unpaired) electrons. The van der Waals surface area contributed by atoms with Crippen molar-refractivity contribution in [2.75, 3.05) is 6.54 Å². The zero-order valence-corrected chi connectivity index (χ0v) is 9.55. The average Bonchev–Trinajstić information content (AvgIpc) is 2.63. The maximum absolute atomic E-state index is 5.24. The second kappa shape index (κ2) is 4.59. The van der Waals surface area contributed by atoms with E-state index in [2.05, 4.69) is 34.8 Å². The van der Waals surface area contributed by atoms with Crippen LogP contribution in [0, 0.1) is 0 Å². The largest absolute Gasteiger partial charge is 0.327 e. The Morgan fingerprint density at radius 1 is 1.33 bits per heavy atom. The molecule has 0 amide bonds. The molecule has 2 N–H and O–H groups in total. The van der Waals surface area contributed by atoms with E-state index in [1.807, 2.05) is 18.2 Å². The van der Waals surface area contributed by atoms with E-state index in [0.29, 0.717) is 0 Å². The lowest BCUT2D eigenvalue weighted by Crippen LogP contribution is -2.30. The summed E-state index contributed by atoms with van der Waals surface area (Å²) >= 11 is 5.24. The summed E-state index contributed by atoms with van der Waals surface area (Å²) in [5.41, 5.74) is 7.44. The fraction of sp³-hybridized carbons (Fsp3) is 0.364. The summed E-state index contributed by atoms with van der Waals surface area (Å²) in [6.07, 6.45) is 1.26. The van der Waals surface area contributed by atoms with Crippen molar-refractivity contribution in [3.63, 3.8) is 0 Å². The van der Waals surface area contributed by atoms with Gasteiger partial charge in [-0.2, -0.15) is 0 Å². The van der Waals surface area contributed by atoms with Crippen LogP contribution in [0.3, 0.4) is 0 Å². The third-order valence-electron chi connectivity index (χ3n) is 2.47. The van der Waals surface area contributed by atoms with Gasteiger partial charge in [0, 0.05) is 6.54 Å². The Labute approximate surface area is 95.4 Å². The van der Waals surface area contributed by atoms with E-state index in [-0.39, 0.29) is 6.17 Å². The quantitative estimate of drug-likeness (QED) is 0.761. The van der Waals surface area contributed by atoms with Crippen molar-refractivity contribution >= 4 is 17.3 Å². The molecule has 0 aliphatic carbocycles. The summed E-state index contributed by atoms with van der Waals surface area (Å²) in [5.74, 6) is 0. The van der Waals surface area contributed by atoms with Crippen molar-refractivity contribution < 1.29 is 0 Å².